The third-order valence-corrected chi connectivity index (χ3v) is 21.8. The van der Waals surface area contributed by atoms with E-state index in [1.807, 2.05) is 0 Å². The molecule has 0 unspecified atom stereocenters. The van der Waals surface area contributed by atoms with E-state index in [9.17, 15) is 0 Å². The molecule has 4 heterocycles. The molecule has 0 atom stereocenters. The molecule has 2 aliphatic heterocycles. The second-order valence-electron chi connectivity index (χ2n) is 30.0. The van der Waals surface area contributed by atoms with Crippen molar-refractivity contribution in [3.8, 4) is 78.1 Å². The van der Waals surface area contributed by atoms with Crippen molar-refractivity contribution in [3.05, 3.63) is 357 Å². The minimum Gasteiger partial charge on any atom is -0.310 e. The third-order valence-electron chi connectivity index (χ3n) is 21.8. The van der Waals surface area contributed by atoms with Gasteiger partial charge in [0.15, 0.2) is 0 Å². The number of rotatable bonds is 10. The van der Waals surface area contributed by atoms with Crippen LogP contribution in [0, 0.1) is 0 Å². The first-order valence-electron chi connectivity index (χ1n) is 36.2. The fraction of sp³-hybridized carbons (Fsp3) is 0.0816. The fourth-order valence-electron chi connectivity index (χ4n) is 16.8. The third kappa shape index (κ3) is 10.2. The molecule has 0 aliphatic carbocycles. The van der Waals surface area contributed by atoms with E-state index >= 15 is 0 Å². The standard InChI is InChI=1S/C98H75BN4/c1-97(2,3)72-58-78(66-34-17-9-18-35-66)95(79(59-72)67-36-19-10-20-37-67)102-90-46-29-47-91-94(90)99(84-52-50-74(62-92(84)102)100-86-44-27-25-42-76(86)77-43-26-28-45-87(77)100)85-53-51-75(63-93(85)103(91)96-80(68-38-21-11-22-39-68)60-73(98(4,5)6)61-81(96)69-40-23-12-24-41-69)101-88-54-48-70(64-30-13-7-14-31-64)56-82(88)83-57-71(49-55-89(83)101)65-32-15-8-16-33-65/h7-63H,1-6H3. The van der Waals surface area contributed by atoms with Gasteiger partial charge in [-0.15, -0.1) is 0 Å². The predicted molar refractivity (Wildman–Crippen MR) is 439 cm³/mol. The molecule has 15 aromatic carbocycles. The Labute approximate surface area is 603 Å². The van der Waals surface area contributed by atoms with Gasteiger partial charge < -0.3 is 18.9 Å². The average molecular weight is 1320 g/mol. The molecule has 0 radical (unpaired) electrons. The topological polar surface area (TPSA) is 16.3 Å². The number of aromatic nitrogens is 2. The molecule has 0 bridgehead atoms. The average Bonchev–Trinajstić information content (AvgIpc) is 1.07. The molecule has 4 nitrogen and oxygen atoms in total. The Hall–Kier alpha value is -12.4. The second kappa shape index (κ2) is 24.1. The van der Waals surface area contributed by atoms with Crippen LogP contribution in [0.15, 0.2) is 346 Å². The molecule has 2 aliphatic rings. The SMILES string of the molecule is CC(C)(C)c1cc(-c2ccccc2)c(N2c3cc(-n4c5ccccc5c5ccccc54)ccc3B3c4ccc(-n5c6ccc(-c7ccccc7)cc6c6cc(-c7ccccc7)ccc65)cc4N(c4c(-c5ccccc5)cc(C(C)(C)C)cc4-c4ccccc4)c4cccc2c43)c(-c2ccccc2)c1. The van der Waals surface area contributed by atoms with Crippen molar-refractivity contribution in [2.75, 3.05) is 9.80 Å². The van der Waals surface area contributed by atoms with E-state index in [-0.39, 0.29) is 17.5 Å². The summed E-state index contributed by atoms with van der Waals surface area (Å²) in [7, 11) is 0. The van der Waals surface area contributed by atoms with E-state index in [0.717, 1.165) is 89.9 Å². The Morgan fingerprint density at radius 1 is 0.233 bits per heavy atom. The van der Waals surface area contributed by atoms with Crippen LogP contribution in [0.3, 0.4) is 0 Å². The summed E-state index contributed by atoms with van der Waals surface area (Å²) in [4.78, 5) is 5.37. The summed E-state index contributed by atoms with van der Waals surface area (Å²) in [6, 6.07) is 130. The lowest BCUT2D eigenvalue weighted by molar-refractivity contribution is 0.590. The second-order valence-corrected chi connectivity index (χ2v) is 30.0. The molecule has 0 spiro atoms. The lowest BCUT2D eigenvalue weighted by atomic mass is 9.33. The van der Waals surface area contributed by atoms with Gasteiger partial charge in [-0.1, -0.05) is 290 Å². The maximum Gasteiger partial charge on any atom is 0.252 e. The highest BCUT2D eigenvalue weighted by molar-refractivity contribution is 7.00. The minimum atomic E-state index is -0.228. The number of fused-ring (bicyclic) bond motifs is 10. The molecule has 0 N–H and O–H groups in total. The smallest absolute Gasteiger partial charge is 0.252 e. The number of para-hydroxylation sites is 2. The van der Waals surface area contributed by atoms with Gasteiger partial charge in [0.2, 0.25) is 0 Å². The van der Waals surface area contributed by atoms with E-state index in [4.69, 9.17) is 0 Å². The van der Waals surface area contributed by atoms with Gasteiger partial charge in [-0.25, -0.2) is 0 Å². The first-order chi connectivity index (χ1) is 50.4. The molecular formula is C98H75BN4. The van der Waals surface area contributed by atoms with E-state index in [1.165, 1.54) is 93.5 Å². The molecule has 0 saturated carbocycles. The van der Waals surface area contributed by atoms with Crippen LogP contribution in [0.2, 0.25) is 0 Å². The Bertz CT molecular complexity index is 5910. The van der Waals surface area contributed by atoms with Gasteiger partial charge in [-0.05, 0) is 180 Å². The lowest BCUT2D eigenvalue weighted by Gasteiger charge is -2.46. The molecule has 103 heavy (non-hydrogen) atoms. The summed E-state index contributed by atoms with van der Waals surface area (Å²) < 4.78 is 5.02. The Morgan fingerprint density at radius 2 is 0.544 bits per heavy atom. The van der Waals surface area contributed by atoms with Crippen LogP contribution in [-0.2, 0) is 10.8 Å². The fourth-order valence-corrected chi connectivity index (χ4v) is 16.8. The van der Waals surface area contributed by atoms with E-state index < -0.39 is 0 Å². The lowest BCUT2D eigenvalue weighted by Crippen LogP contribution is -2.61. The number of hydrogen-bond acceptors (Lipinski definition) is 2. The first kappa shape index (κ1) is 61.6. The summed E-state index contributed by atoms with van der Waals surface area (Å²) in [6.45, 7) is 13.9. The first-order valence-corrected chi connectivity index (χ1v) is 36.2. The van der Waals surface area contributed by atoms with Gasteiger partial charge >= 0.3 is 0 Å². The number of nitrogens with zero attached hydrogens (tertiary/aromatic N) is 4. The van der Waals surface area contributed by atoms with Crippen LogP contribution < -0.4 is 26.2 Å². The summed E-state index contributed by atoms with van der Waals surface area (Å²) in [6.07, 6.45) is 0. The molecule has 2 aromatic heterocycles. The number of hydrogen-bond donors (Lipinski definition) is 0. The van der Waals surface area contributed by atoms with Crippen LogP contribution in [0.4, 0.5) is 34.1 Å². The number of benzene rings is 15. The largest absolute Gasteiger partial charge is 0.310 e. The molecule has 490 valence electrons. The van der Waals surface area contributed by atoms with E-state index in [1.54, 1.807) is 0 Å². The quantitative estimate of drug-likeness (QED) is 0.127. The summed E-state index contributed by atoms with van der Waals surface area (Å²) in [5, 5.41) is 4.86. The number of anilines is 6. The molecular weight excluding hydrogens is 1240 g/mol. The van der Waals surface area contributed by atoms with Crippen molar-refractivity contribution in [2.45, 2.75) is 52.4 Å². The maximum atomic E-state index is 2.69. The van der Waals surface area contributed by atoms with Crippen LogP contribution in [0.1, 0.15) is 52.7 Å². The molecule has 19 rings (SSSR count). The van der Waals surface area contributed by atoms with E-state index in [2.05, 4.69) is 406 Å². The highest BCUT2D eigenvalue weighted by Gasteiger charge is 2.46. The van der Waals surface area contributed by atoms with Gasteiger partial charge in [-0.2, -0.15) is 0 Å². The zero-order valence-electron chi connectivity index (χ0n) is 58.8. The predicted octanol–water partition coefficient (Wildman–Crippen LogP) is 24.6. The Kier molecular flexibility index (Phi) is 14.5. The minimum absolute atomic E-state index is 0.180. The maximum absolute atomic E-state index is 2.69. The van der Waals surface area contributed by atoms with Gasteiger partial charge in [0.05, 0.1) is 33.4 Å². The van der Waals surface area contributed by atoms with Gasteiger partial charge in [0.25, 0.3) is 6.71 Å². The van der Waals surface area contributed by atoms with Crippen molar-refractivity contribution >= 4 is 101 Å². The van der Waals surface area contributed by atoms with Crippen molar-refractivity contribution < 1.29 is 0 Å². The van der Waals surface area contributed by atoms with Crippen molar-refractivity contribution in [3.63, 3.8) is 0 Å². The monoisotopic (exact) mass is 1320 g/mol. The molecule has 5 heteroatoms. The Balaban J connectivity index is 0.957. The Morgan fingerprint density at radius 3 is 0.883 bits per heavy atom. The highest BCUT2D eigenvalue weighted by Crippen LogP contribution is 2.55. The summed E-state index contributed by atoms with van der Waals surface area (Å²) in [5.74, 6) is 0. The van der Waals surface area contributed by atoms with Crippen LogP contribution in [0.5, 0.6) is 0 Å². The van der Waals surface area contributed by atoms with Gasteiger partial charge in [0.1, 0.15) is 0 Å². The normalized spacial score (nSPS) is 12.7. The van der Waals surface area contributed by atoms with Crippen molar-refractivity contribution in [1.29, 1.82) is 0 Å². The van der Waals surface area contributed by atoms with Crippen LogP contribution in [0.25, 0.3) is 122 Å². The zero-order valence-corrected chi connectivity index (χ0v) is 58.8. The summed E-state index contributed by atoms with van der Waals surface area (Å²) >= 11 is 0. The van der Waals surface area contributed by atoms with Crippen LogP contribution >= 0.6 is 0 Å². The van der Waals surface area contributed by atoms with Crippen molar-refractivity contribution in [2.24, 2.45) is 0 Å². The van der Waals surface area contributed by atoms with Crippen molar-refractivity contribution in [1.82, 2.24) is 9.13 Å². The van der Waals surface area contributed by atoms with Gasteiger partial charge in [-0.3, -0.25) is 0 Å². The molecule has 0 amide bonds. The molecule has 0 saturated heterocycles. The van der Waals surface area contributed by atoms with E-state index in [0.29, 0.717) is 0 Å². The summed E-state index contributed by atoms with van der Waals surface area (Å²) in [5.41, 5.74) is 33.5. The molecule has 17 aromatic rings. The van der Waals surface area contributed by atoms with Gasteiger partial charge in [0, 0.05) is 77.9 Å². The van der Waals surface area contributed by atoms with Crippen LogP contribution in [-0.4, -0.2) is 15.8 Å². The molecule has 0 fully saturated rings. The zero-order chi connectivity index (χ0) is 69.2. The highest BCUT2D eigenvalue weighted by atomic mass is 15.2.